The van der Waals surface area contributed by atoms with Crippen molar-refractivity contribution in [3.8, 4) is 0 Å². The minimum Gasteiger partial charge on any atom is -0.381 e. The summed E-state index contributed by atoms with van der Waals surface area (Å²) >= 11 is 5.88. The molecule has 1 aromatic rings. The Morgan fingerprint density at radius 2 is 2.05 bits per heavy atom. The lowest BCUT2D eigenvalue weighted by atomic mass is 9.90. The summed E-state index contributed by atoms with van der Waals surface area (Å²) in [6.07, 6.45) is 1.09. The molecule has 1 aliphatic rings. The fraction of sp³-hybridized carbons (Fsp3) is 0.462. The molecule has 0 unspecified atom stereocenters. The van der Waals surface area contributed by atoms with Gasteiger partial charge in [0.15, 0.2) is 0 Å². The van der Waals surface area contributed by atoms with Gasteiger partial charge in [0, 0.05) is 23.9 Å². The first-order valence-electron chi connectivity index (χ1n) is 5.95. The van der Waals surface area contributed by atoms with Gasteiger partial charge in [0.25, 0.3) is 0 Å². The first-order valence-corrected chi connectivity index (χ1v) is 6.33. The predicted octanol–water partition coefficient (Wildman–Crippen LogP) is 2.52. The van der Waals surface area contributed by atoms with E-state index in [0.29, 0.717) is 31.1 Å². The van der Waals surface area contributed by atoms with Gasteiger partial charge in [-0.25, -0.2) is 0 Å². The number of halogens is 2. The van der Waals surface area contributed by atoms with E-state index in [4.69, 9.17) is 22.1 Å². The molecule has 1 heterocycles. The molecule has 1 amide bonds. The molecule has 1 aromatic carbocycles. The number of benzene rings is 1. The second-order valence-corrected chi connectivity index (χ2v) is 5.12. The number of carbonyl (C=O) groups excluding carboxylic acids is 1. The summed E-state index contributed by atoms with van der Waals surface area (Å²) in [7, 11) is 0. The van der Waals surface area contributed by atoms with E-state index in [1.807, 2.05) is 13.0 Å². The van der Waals surface area contributed by atoms with Crippen molar-refractivity contribution >= 4 is 35.6 Å². The number of anilines is 1. The normalized spacial score (nSPS) is 17.4. The summed E-state index contributed by atoms with van der Waals surface area (Å²) in [4.78, 5) is 12.2. The van der Waals surface area contributed by atoms with Gasteiger partial charge >= 0.3 is 0 Å². The third kappa shape index (κ3) is 3.83. The molecule has 6 heteroatoms. The van der Waals surface area contributed by atoms with Crippen LogP contribution in [0.15, 0.2) is 18.2 Å². The molecule has 0 aliphatic carbocycles. The van der Waals surface area contributed by atoms with E-state index in [9.17, 15) is 4.79 Å². The number of ether oxygens (including phenoxy) is 1. The van der Waals surface area contributed by atoms with Crippen LogP contribution in [0, 0.1) is 6.92 Å². The fourth-order valence-electron chi connectivity index (χ4n) is 1.98. The molecule has 3 N–H and O–H groups in total. The van der Waals surface area contributed by atoms with Gasteiger partial charge in [0.1, 0.15) is 5.54 Å². The maximum atomic E-state index is 12.2. The zero-order valence-corrected chi connectivity index (χ0v) is 12.3. The van der Waals surface area contributed by atoms with Gasteiger partial charge in [0.05, 0.1) is 0 Å². The lowest BCUT2D eigenvalue weighted by Crippen LogP contribution is -2.54. The Morgan fingerprint density at radius 3 is 2.63 bits per heavy atom. The van der Waals surface area contributed by atoms with E-state index in [2.05, 4.69) is 5.32 Å². The lowest BCUT2D eigenvalue weighted by molar-refractivity contribution is -0.124. The topological polar surface area (TPSA) is 64.4 Å². The quantitative estimate of drug-likeness (QED) is 0.882. The highest BCUT2D eigenvalue weighted by atomic mass is 35.5. The standard InChI is InChI=1S/C13H17ClN2O2.ClH/c1-9-8-10(14)2-3-11(9)16-12(17)13(15)4-6-18-7-5-13;/h2-3,8H,4-7,15H2,1H3,(H,16,17);1H. The molecule has 0 bridgehead atoms. The fourth-order valence-corrected chi connectivity index (χ4v) is 2.20. The summed E-state index contributed by atoms with van der Waals surface area (Å²) in [5, 5.41) is 3.52. The van der Waals surface area contributed by atoms with E-state index < -0.39 is 5.54 Å². The summed E-state index contributed by atoms with van der Waals surface area (Å²) in [6.45, 7) is 2.96. The maximum Gasteiger partial charge on any atom is 0.244 e. The average molecular weight is 305 g/mol. The van der Waals surface area contributed by atoms with Crippen molar-refractivity contribution in [2.45, 2.75) is 25.3 Å². The van der Waals surface area contributed by atoms with E-state index in [-0.39, 0.29) is 18.3 Å². The van der Waals surface area contributed by atoms with Crippen LogP contribution in [0.5, 0.6) is 0 Å². The number of rotatable bonds is 2. The highest BCUT2D eigenvalue weighted by Gasteiger charge is 2.36. The first-order chi connectivity index (χ1) is 8.51. The highest BCUT2D eigenvalue weighted by Crippen LogP contribution is 2.23. The van der Waals surface area contributed by atoms with Crippen molar-refractivity contribution in [3.05, 3.63) is 28.8 Å². The number of hydrogen-bond acceptors (Lipinski definition) is 3. The molecule has 1 fully saturated rings. The Hall–Kier alpha value is -0.810. The van der Waals surface area contributed by atoms with Gasteiger partial charge in [-0.3, -0.25) is 4.79 Å². The summed E-state index contributed by atoms with van der Waals surface area (Å²) in [5.74, 6) is -0.156. The number of carbonyl (C=O) groups is 1. The van der Waals surface area contributed by atoms with Gasteiger partial charge in [-0.2, -0.15) is 0 Å². The van der Waals surface area contributed by atoms with Crippen LogP contribution >= 0.6 is 24.0 Å². The molecule has 0 aromatic heterocycles. The molecule has 0 saturated carbocycles. The van der Waals surface area contributed by atoms with Gasteiger partial charge < -0.3 is 15.8 Å². The molecule has 2 rings (SSSR count). The molecule has 19 heavy (non-hydrogen) atoms. The number of nitrogens with two attached hydrogens (primary N) is 1. The van der Waals surface area contributed by atoms with Crippen LogP contribution < -0.4 is 11.1 Å². The second-order valence-electron chi connectivity index (χ2n) is 4.68. The van der Waals surface area contributed by atoms with Crippen LogP contribution in [0.25, 0.3) is 0 Å². The summed E-state index contributed by atoms with van der Waals surface area (Å²) in [6, 6.07) is 5.35. The third-order valence-electron chi connectivity index (χ3n) is 3.27. The van der Waals surface area contributed by atoms with Gasteiger partial charge in [-0.05, 0) is 43.5 Å². The van der Waals surface area contributed by atoms with Crippen LogP contribution in [0.4, 0.5) is 5.69 Å². The molecule has 0 spiro atoms. The van der Waals surface area contributed by atoms with Crippen molar-refractivity contribution in [3.63, 3.8) is 0 Å². The lowest BCUT2D eigenvalue weighted by Gasteiger charge is -2.31. The Bertz CT molecular complexity index is 460. The molecule has 4 nitrogen and oxygen atoms in total. The van der Waals surface area contributed by atoms with Gasteiger partial charge in [-0.15, -0.1) is 12.4 Å². The average Bonchev–Trinajstić information content (AvgIpc) is 2.33. The van der Waals surface area contributed by atoms with Crippen molar-refractivity contribution < 1.29 is 9.53 Å². The van der Waals surface area contributed by atoms with Crippen LogP contribution in [-0.2, 0) is 9.53 Å². The van der Waals surface area contributed by atoms with E-state index in [1.54, 1.807) is 12.1 Å². The van der Waals surface area contributed by atoms with Crippen LogP contribution in [0.1, 0.15) is 18.4 Å². The number of nitrogens with one attached hydrogen (secondary N) is 1. The molecular weight excluding hydrogens is 287 g/mol. The van der Waals surface area contributed by atoms with Crippen LogP contribution in [0.2, 0.25) is 5.02 Å². The Kier molecular flexibility index (Phi) is 5.62. The van der Waals surface area contributed by atoms with Gasteiger partial charge in [-0.1, -0.05) is 11.6 Å². The van der Waals surface area contributed by atoms with E-state index >= 15 is 0 Å². The Balaban J connectivity index is 0.00000180. The molecule has 1 saturated heterocycles. The number of amides is 1. The molecule has 1 aliphatic heterocycles. The molecule has 0 radical (unpaired) electrons. The van der Waals surface area contributed by atoms with Crippen LogP contribution in [-0.4, -0.2) is 24.7 Å². The smallest absolute Gasteiger partial charge is 0.244 e. The van der Waals surface area contributed by atoms with Crippen molar-refractivity contribution in [2.75, 3.05) is 18.5 Å². The van der Waals surface area contributed by atoms with Crippen molar-refractivity contribution in [2.24, 2.45) is 5.73 Å². The highest BCUT2D eigenvalue weighted by molar-refractivity contribution is 6.30. The molecule has 106 valence electrons. The van der Waals surface area contributed by atoms with E-state index in [0.717, 1.165) is 11.3 Å². The monoisotopic (exact) mass is 304 g/mol. The zero-order valence-electron chi connectivity index (χ0n) is 10.7. The van der Waals surface area contributed by atoms with Crippen LogP contribution in [0.3, 0.4) is 0 Å². The largest absolute Gasteiger partial charge is 0.381 e. The molecular formula is C13H18Cl2N2O2. The van der Waals surface area contributed by atoms with Crippen molar-refractivity contribution in [1.82, 2.24) is 0 Å². The van der Waals surface area contributed by atoms with E-state index in [1.165, 1.54) is 0 Å². The minimum atomic E-state index is -0.829. The third-order valence-corrected chi connectivity index (χ3v) is 3.51. The SMILES string of the molecule is Cc1cc(Cl)ccc1NC(=O)C1(N)CCOCC1.Cl. The first kappa shape index (κ1) is 16.2. The Morgan fingerprint density at radius 1 is 1.42 bits per heavy atom. The summed E-state index contributed by atoms with van der Waals surface area (Å²) in [5.41, 5.74) is 6.96. The van der Waals surface area contributed by atoms with Crippen molar-refractivity contribution in [1.29, 1.82) is 0 Å². The number of hydrogen-bond donors (Lipinski definition) is 2. The predicted molar refractivity (Wildman–Crippen MR) is 79.0 cm³/mol. The summed E-state index contributed by atoms with van der Waals surface area (Å²) < 4.78 is 5.23. The number of aryl methyl sites for hydroxylation is 1. The maximum absolute atomic E-state index is 12.2. The zero-order chi connectivity index (χ0) is 13.2. The molecule has 0 atom stereocenters. The second kappa shape index (κ2) is 6.57. The minimum absolute atomic E-state index is 0. The van der Waals surface area contributed by atoms with Gasteiger partial charge in [0.2, 0.25) is 5.91 Å². The Labute approximate surface area is 124 Å².